The molecule has 1 saturated heterocycles. The Balaban J connectivity index is 1.97. The molecular weight excluding hydrogens is 282 g/mol. The van der Waals surface area contributed by atoms with Crippen LogP contribution < -0.4 is 11.1 Å². The van der Waals surface area contributed by atoms with E-state index in [0.29, 0.717) is 42.8 Å². The van der Waals surface area contributed by atoms with Gasteiger partial charge in [-0.25, -0.2) is 4.98 Å². The van der Waals surface area contributed by atoms with Gasteiger partial charge in [0, 0.05) is 26.6 Å². The molecule has 110 valence electrons. The Morgan fingerprint density at radius 3 is 3.05 bits per heavy atom. The molecule has 1 fully saturated rings. The fraction of sp³-hybridized carbons (Fsp3) is 0.583. The summed E-state index contributed by atoms with van der Waals surface area (Å²) >= 11 is 6.11. The van der Waals surface area contributed by atoms with Crippen LogP contribution in [0.2, 0.25) is 5.02 Å². The zero-order chi connectivity index (χ0) is 14.7. The number of nitrogen functional groups attached to an aromatic ring is 1. The van der Waals surface area contributed by atoms with Crippen LogP contribution in [0.15, 0.2) is 0 Å². The van der Waals surface area contributed by atoms with Gasteiger partial charge in [0.1, 0.15) is 5.02 Å². The molecule has 1 aliphatic rings. The summed E-state index contributed by atoms with van der Waals surface area (Å²) in [5.41, 5.74) is 6.22. The van der Waals surface area contributed by atoms with Crippen LogP contribution in [0.5, 0.6) is 0 Å². The number of carbonyl (C=O) groups excluding carboxylic acids is 1. The molecule has 0 aliphatic carbocycles. The van der Waals surface area contributed by atoms with Crippen molar-refractivity contribution in [3.63, 3.8) is 0 Å². The lowest BCUT2D eigenvalue weighted by atomic mass is 10.2. The third-order valence-electron chi connectivity index (χ3n) is 3.12. The Labute approximate surface area is 122 Å². The monoisotopic (exact) mass is 299 g/mol. The standard InChI is InChI=1S/C12H18ClN5O2/c1-7-10(13)11(17-12(14)16-7)15-5-9-6-18(8(2)19)3-4-20-9/h9H,3-6H2,1-2H3,(H3,14,15,16,17)/t9-/m1/s1. The minimum atomic E-state index is -0.0970. The van der Waals surface area contributed by atoms with Gasteiger partial charge in [-0.05, 0) is 6.92 Å². The first-order chi connectivity index (χ1) is 9.47. The van der Waals surface area contributed by atoms with Crippen molar-refractivity contribution in [2.75, 3.05) is 37.3 Å². The van der Waals surface area contributed by atoms with Crippen LogP contribution in [0, 0.1) is 6.92 Å². The number of anilines is 2. The summed E-state index contributed by atoms with van der Waals surface area (Å²) in [5, 5.41) is 3.54. The molecule has 1 amide bonds. The molecule has 2 rings (SSSR count). The number of hydrogen-bond donors (Lipinski definition) is 2. The predicted molar refractivity (Wildman–Crippen MR) is 76.7 cm³/mol. The van der Waals surface area contributed by atoms with E-state index in [2.05, 4.69) is 15.3 Å². The molecule has 0 saturated carbocycles. The zero-order valence-electron chi connectivity index (χ0n) is 11.5. The highest BCUT2D eigenvalue weighted by atomic mass is 35.5. The molecule has 0 bridgehead atoms. The van der Waals surface area contributed by atoms with Crippen molar-refractivity contribution >= 4 is 29.3 Å². The van der Waals surface area contributed by atoms with E-state index >= 15 is 0 Å². The molecule has 0 unspecified atom stereocenters. The molecule has 2 heterocycles. The van der Waals surface area contributed by atoms with Crippen molar-refractivity contribution in [1.82, 2.24) is 14.9 Å². The van der Waals surface area contributed by atoms with Crippen molar-refractivity contribution in [3.8, 4) is 0 Å². The average Bonchev–Trinajstić information content (AvgIpc) is 2.41. The number of rotatable bonds is 3. The number of amides is 1. The van der Waals surface area contributed by atoms with Crippen molar-refractivity contribution in [2.45, 2.75) is 20.0 Å². The number of nitrogens with zero attached hydrogens (tertiary/aromatic N) is 3. The van der Waals surface area contributed by atoms with Crippen molar-refractivity contribution in [2.24, 2.45) is 0 Å². The highest BCUT2D eigenvalue weighted by molar-refractivity contribution is 6.33. The molecule has 0 aromatic carbocycles. The maximum Gasteiger partial charge on any atom is 0.222 e. The van der Waals surface area contributed by atoms with E-state index in [-0.39, 0.29) is 18.0 Å². The largest absolute Gasteiger partial charge is 0.373 e. The molecule has 8 heteroatoms. The molecular formula is C12H18ClN5O2. The second-order valence-corrected chi connectivity index (χ2v) is 5.05. The van der Waals surface area contributed by atoms with Gasteiger partial charge in [-0.1, -0.05) is 11.6 Å². The lowest BCUT2D eigenvalue weighted by molar-refractivity contribution is -0.135. The fourth-order valence-electron chi connectivity index (χ4n) is 2.04. The van der Waals surface area contributed by atoms with Crippen LogP contribution in [0.4, 0.5) is 11.8 Å². The van der Waals surface area contributed by atoms with Crippen LogP contribution in [0.1, 0.15) is 12.6 Å². The van der Waals surface area contributed by atoms with Crippen LogP contribution in [-0.2, 0) is 9.53 Å². The lowest BCUT2D eigenvalue weighted by Crippen LogP contribution is -2.47. The normalized spacial score (nSPS) is 18.9. The van der Waals surface area contributed by atoms with Gasteiger partial charge in [0.2, 0.25) is 11.9 Å². The smallest absolute Gasteiger partial charge is 0.222 e. The van der Waals surface area contributed by atoms with Crippen LogP contribution in [-0.4, -0.2) is 53.1 Å². The molecule has 1 aromatic heterocycles. The van der Waals surface area contributed by atoms with Gasteiger partial charge >= 0.3 is 0 Å². The Bertz CT molecular complexity index is 511. The molecule has 1 aliphatic heterocycles. The molecule has 1 atom stereocenters. The average molecular weight is 300 g/mol. The maximum atomic E-state index is 11.4. The van der Waals surface area contributed by atoms with Crippen molar-refractivity contribution in [3.05, 3.63) is 10.7 Å². The number of carbonyl (C=O) groups is 1. The molecule has 0 spiro atoms. The Kier molecular flexibility index (Phi) is 4.61. The Hall–Kier alpha value is -1.60. The maximum absolute atomic E-state index is 11.4. The van der Waals surface area contributed by atoms with Gasteiger partial charge in [0.15, 0.2) is 5.82 Å². The first kappa shape index (κ1) is 14.8. The summed E-state index contributed by atoms with van der Waals surface area (Å²) in [6.07, 6.45) is -0.0970. The summed E-state index contributed by atoms with van der Waals surface area (Å²) < 4.78 is 5.61. The van der Waals surface area contributed by atoms with E-state index in [1.807, 2.05) is 0 Å². The van der Waals surface area contributed by atoms with E-state index in [1.54, 1.807) is 18.7 Å². The zero-order valence-corrected chi connectivity index (χ0v) is 12.3. The van der Waals surface area contributed by atoms with E-state index in [9.17, 15) is 4.79 Å². The summed E-state index contributed by atoms with van der Waals surface area (Å²) in [4.78, 5) is 21.1. The number of aromatic nitrogens is 2. The fourth-order valence-corrected chi connectivity index (χ4v) is 2.19. The predicted octanol–water partition coefficient (Wildman–Crippen LogP) is 0.680. The minimum Gasteiger partial charge on any atom is -0.373 e. The second-order valence-electron chi connectivity index (χ2n) is 4.67. The van der Waals surface area contributed by atoms with E-state index in [0.717, 1.165) is 0 Å². The molecule has 20 heavy (non-hydrogen) atoms. The third-order valence-corrected chi connectivity index (χ3v) is 3.57. The summed E-state index contributed by atoms with van der Waals surface area (Å²) in [6.45, 7) is 5.54. The number of aryl methyl sites for hydroxylation is 1. The number of halogens is 1. The Morgan fingerprint density at radius 1 is 1.60 bits per heavy atom. The van der Waals surface area contributed by atoms with Gasteiger partial charge in [-0.3, -0.25) is 4.79 Å². The van der Waals surface area contributed by atoms with Gasteiger partial charge in [0.25, 0.3) is 0 Å². The van der Waals surface area contributed by atoms with E-state index in [1.165, 1.54) is 0 Å². The van der Waals surface area contributed by atoms with Gasteiger partial charge in [0.05, 0.1) is 18.4 Å². The molecule has 7 nitrogen and oxygen atoms in total. The molecule has 1 aromatic rings. The summed E-state index contributed by atoms with van der Waals surface area (Å²) in [5.74, 6) is 0.711. The first-order valence-electron chi connectivity index (χ1n) is 6.38. The minimum absolute atomic E-state index is 0.0541. The van der Waals surface area contributed by atoms with Gasteiger partial charge in [-0.15, -0.1) is 0 Å². The highest BCUT2D eigenvalue weighted by Crippen LogP contribution is 2.23. The quantitative estimate of drug-likeness (QED) is 0.852. The highest BCUT2D eigenvalue weighted by Gasteiger charge is 2.22. The number of morpholine rings is 1. The van der Waals surface area contributed by atoms with Crippen LogP contribution in [0.25, 0.3) is 0 Å². The number of nitrogens with one attached hydrogen (secondary N) is 1. The summed E-state index contributed by atoms with van der Waals surface area (Å²) in [6, 6.07) is 0. The number of hydrogen-bond acceptors (Lipinski definition) is 6. The van der Waals surface area contributed by atoms with Crippen LogP contribution in [0.3, 0.4) is 0 Å². The lowest BCUT2D eigenvalue weighted by Gasteiger charge is -2.32. The molecule has 0 radical (unpaired) electrons. The topological polar surface area (TPSA) is 93.4 Å². The number of nitrogens with two attached hydrogens (primary N) is 1. The van der Waals surface area contributed by atoms with Gasteiger partial charge < -0.3 is 20.7 Å². The van der Waals surface area contributed by atoms with Gasteiger partial charge in [-0.2, -0.15) is 4.98 Å². The number of ether oxygens (including phenoxy) is 1. The molecule has 3 N–H and O–H groups in total. The first-order valence-corrected chi connectivity index (χ1v) is 6.75. The summed E-state index contributed by atoms with van der Waals surface area (Å²) in [7, 11) is 0. The van der Waals surface area contributed by atoms with Crippen molar-refractivity contribution < 1.29 is 9.53 Å². The van der Waals surface area contributed by atoms with Crippen molar-refractivity contribution in [1.29, 1.82) is 0 Å². The third kappa shape index (κ3) is 3.49. The second kappa shape index (κ2) is 6.23. The van der Waals surface area contributed by atoms with E-state index in [4.69, 9.17) is 22.1 Å². The SMILES string of the molecule is CC(=O)N1CCO[C@H](CNc2nc(N)nc(C)c2Cl)C1. The van der Waals surface area contributed by atoms with Crippen LogP contribution >= 0.6 is 11.6 Å². The Morgan fingerprint density at radius 2 is 2.35 bits per heavy atom. The van der Waals surface area contributed by atoms with E-state index < -0.39 is 0 Å².